The largest absolute Gasteiger partial charge is 0.143 e. The van der Waals surface area contributed by atoms with Crippen LogP contribution in [0, 0.1) is 0 Å². The van der Waals surface area contributed by atoms with E-state index >= 15 is 0 Å². The number of benzene rings is 8. The van der Waals surface area contributed by atoms with Crippen molar-refractivity contribution in [2.24, 2.45) is 0 Å². The fraction of sp³-hybridized carbons (Fsp3) is 0. The highest BCUT2D eigenvalue weighted by Gasteiger charge is 2.32. The molecule has 0 radical (unpaired) electrons. The van der Waals surface area contributed by atoms with Gasteiger partial charge in [0.1, 0.15) is 0 Å². The van der Waals surface area contributed by atoms with Crippen LogP contribution in [0.1, 0.15) is 5.56 Å². The van der Waals surface area contributed by atoms with E-state index in [1.807, 2.05) is 17.4 Å². The lowest BCUT2D eigenvalue weighted by Gasteiger charge is -2.20. The molecule has 0 saturated heterocycles. The van der Waals surface area contributed by atoms with Gasteiger partial charge in [-0.3, -0.25) is 0 Å². The van der Waals surface area contributed by atoms with E-state index in [1.54, 1.807) is 0 Å². The van der Waals surface area contributed by atoms with Gasteiger partial charge in [0.2, 0.25) is 0 Å². The van der Waals surface area contributed by atoms with Gasteiger partial charge in [-0.15, -0.1) is 11.3 Å². The molecule has 0 aliphatic heterocycles. The minimum atomic E-state index is 1.12. The normalized spacial score (nSPS) is 11.8. The second-order valence-corrected chi connectivity index (χ2v) is 13.7. The van der Waals surface area contributed by atoms with Gasteiger partial charge < -0.3 is 0 Å². The van der Waals surface area contributed by atoms with Gasteiger partial charge in [-0.1, -0.05) is 164 Å². The van der Waals surface area contributed by atoms with Crippen LogP contribution in [0.15, 0.2) is 170 Å². The Morgan fingerprint density at radius 3 is 1.45 bits per heavy atom. The minimum absolute atomic E-state index is 1.12. The fourth-order valence-corrected chi connectivity index (χ4v) is 9.11. The molecule has 0 amide bonds. The number of hydrogen-bond acceptors (Lipinski definition) is 1. The van der Waals surface area contributed by atoms with Crippen LogP contribution in [0.25, 0.3) is 104 Å². The van der Waals surface area contributed by atoms with Gasteiger partial charge in [-0.25, -0.2) is 0 Å². The van der Waals surface area contributed by atoms with E-state index in [1.165, 1.54) is 98.4 Å². The zero-order valence-corrected chi connectivity index (χ0v) is 27.6. The SMILES string of the molecule is C=Cc1ccc(-c2ccc3c4c(ccc(-c5csc6ccccc56)c24)-c2c-3c(-c3ccccc3)c3ccccc3c2-c2ccccc2)cc1. The van der Waals surface area contributed by atoms with Crippen LogP contribution in [-0.2, 0) is 0 Å². The van der Waals surface area contributed by atoms with Gasteiger partial charge >= 0.3 is 0 Å². The Labute approximate surface area is 289 Å². The lowest BCUT2D eigenvalue weighted by atomic mass is 9.82. The second kappa shape index (κ2) is 11.0. The predicted octanol–water partition coefficient (Wildman–Crippen LogP) is 14.2. The molecule has 0 N–H and O–H groups in total. The molecule has 228 valence electrons. The van der Waals surface area contributed by atoms with E-state index in [0.717, 1.165) is 5.56 Å². The highest BCUT2D eigenvalue weighted by molar-refractivity contribution is 7.17. The Morgan fingerprint density at radius 2 is 0.857 bits per heavy atom. The molecule has 0 saturated carbocycles. The summed E-state index contributed by atoms with van der Waals surface area (Å²) >= 11 is 1.83. The third kappa shape index (κ3) is 4.16. The Bertz CT molecular complexity index is 2660. The van der Waals surface area contributed by atoms with Crippen molar-refractivity contribution >= 4 is 49.0 Å². The van der Waals surface area contributed by atoms with Gasteiger partial charge in [0.15, 0.2) is 0 Å². The number of hydrogen-bond donors (Lipinski definition) is 0. The van der Waals surface area contributed by atoms with Crippen LogP contribution in [0.5, 0.6) is 0 Å². The molecule has 0 nitrogen and oxygen atoms in total. The molecule has 0 fully saturated rings. The number of rotatable bonds is 5. The number of fused-ring (bicyclic) bond motifs is 5. The molecule has 1 heteroatoms. The Hall–Kier alpha value is -6.02. The van der Waals surface area contributed by atoms with Crippen molar-refractivity contribution in [1.82, 2.24) is 0 Å². The van der Waals surface area contributed by atoms with Crippen LogP contribution < -0.4 is 0 Å². The summed E-state index contributed by atoms with van der Waals surface area (Å²) in [7, 11) is 0. The molecule has 49 heavy (non-hydrogen) atoms. The molecule has 1 aliphatic carbocycles. The van der Waals surface area contributed by atoms with E-state index in [2.05, 4.69) is 170 Å². The van der Waals surface area contributed by atoms with E-state index in [9.17, 15) is 0 Å². The Morgan fingerprint density at radius 1 is 0.367 bits per heavy atom. The molecule has 0 unspecified atom stereocenters. The summed E-state index contributed by atoms with van der Waals surface area (Å²) in [5, 5.41) is 8.85. The summed E-state index contributed by atoms with van der Waals surface area (Å²) in [6.45, 7) is 4.01. The first kappa shape index (κ1) is 28.0. The van der Waals surface area contributed by atoms with Gasteiger partial charge in [0.05, 0.1) is 0 Å². The highest BCUT2D eigenvalue weighted by Crippen LogP contribution is 2.60. The first-order valence-corrected chi connectivity index (χ1v) is 17.7. The molecule has 0 bridgehead atoms. The third-order valence-electron chi connectivity index (χ3n) is 10.3. The van der Waals surface area contributed by atoms with Gasteiger partial charge in [-0.2, -0.15) is 0 Å². The Balaban J connectivity index is 1.41. The number of thiophene rings is 1. The Kier molecular flexibility index (Phi) is 6.31. The predicted molar refractivity (Wildman–Crippen MR) is 213 cm³/mol. The molecular weight excluding hydrogens is 609 g/mol. The summed E-state index contributed by atoms with van der Waals surface area (Å²) in [6, 6.07) is 58.1. The van der Waals surface area contributed by atoms with Crippen LogP contribution >= 0.6 is 11.3 Å². The summed E-state index contributed by atoms with van der Waals surface area (Å²) in [6.07, 6.45) is 1.91. The van der Waals surface area contributed by atoms with Crippen molar-refractivity contribution in [3.8, 4) is 66.8 Å². The summed E-state index contributed by atoms with van der Waals surface area (Å²) in [5.74, 6) is 0. The van der Waals surface area contributed by atoms with Crippen molar-refractivity contribution in [2.45, 2.75) is 0 Å². The molecule has 0 spiro atoms. The zero-order valence-electron chi connectivity index (χ0n) is 26.8. The van der Waals surface area contributed by atoms with Crippen molar-refractivity contribution < 1.29 is 0 Å². The molecule has 0 atom stereocenters. The van der Waals surface area contributed by atoms with Crippen molar-refractivity contribution in [1.29, 1.82) is 0 Å². The van der Waals surface area contributed by atoms with E-state index in [-0.39, 0.29) is 0 Å². The van der Waals surface area contributed by atoms with Gasteiger partial charge in [0.25, 0.3) is 0 Å². The van der Waals surface area contributed by atoms with Crippen LogP contribution in [0.3, 0.4) is 0 Å². The quantitative estimate of drug-likeness (QED) is 0.176. The first-order chi connectivity index (χ1) is 24.3. The minimum Gasteiger partial charge on any atom is -0.143 e. The van der Waals surface area contributed by atoms with Crippen molar-refractivity contribution in [3.05, 3.63) is 175 Å². The average Bonchev–Trinajstić information content (AvgIpc) is 3.75. The second-order valence-electron chi connectivity index (χ2n) is 12.8. The standard InChI is InChI=1S/C48H30S/c1-2-30-21-23-31(24-22-30)34-25-27-39-46-40(28-26-38(45(34)46)41-29-49-42-20-12-11-17-35(41)42)48-44(33-15-7-4-8-16-33)37-19-10-9-18-36(37)43(47(39)48)32-13-5-3-6-14-32/h2-29H,1H2. The fourth-order valence-electron chi connectivity index (χ4n) is 8.15. The maximum Gasteiger partial charge on any atom is 0.0349 e. The third-order valence-corrected chi connectivity index (χ3v) is 11.2. The summed E-state index contributed by atoms with van der Waals surface area (Å²) in [4.78, 5) is 0. The first-order valence-electron chi connectivity index (χ1n) is 16.8. The summed E-state index contributed by atoms with van der Waals surface area (Å²) < 4.78 is 1.31. The maximum atomic E-state index is 4.01. The van der Waals surface area contributed by atoms with Crippen molar-refractivity contribution in [2.75, 3.05) is 0 Å². The van der Waals surface area contributed by atoms with E-state index < -0.39 is 0 Å². The van der Waals surface area contributed by atoms with E-state index in [0.29, 0.717) is 0 Å². The molecule has 8 aromatic carbocycles. The molecule has 1 aromatic heterocycles. The van der Waals surface area contributed by atoms with Gasteiger partial charge in [0, 0.05) is 15.6 Å². The smallest absolute Gasteiger partial charge is 0.0349 e. The van der Waals surface area contributed by atoms with Crippen LogP contribution in [0.4, 0.5) is 0 Å². The van der Waals surface area contributed by atoms with Crippen LogP contribution in [-0.4, -0.2) is 0 Å². The van der Waals surface area contributed by atoms with Crippen LogP contribution in [0.2, 0.25) is 0 Å². The molecule has 9 aromatic rings. The zero-order chi connectivity index (χ0) is 32.5. The van der Waals surface area contributed by atoms with E-state index in [4.69, 9.17) is 0 Å². The molecule has 10 rings (SSSR count). The molecular formula is C48H30S. The highest BCUT2D eigenvalue weighted by atomic mass is 32.1. The average molecular weight is 639 g/mol. The van der Waals surface area contributed by atoms with Crippen molar-refractivity contribution in [3.63, 3.8) is 0 Å². The molecule has 1 aliphatic rings. The topological polar surface area (TPSA) is 0 Å². The lowest BCUT2D eigenvalue weighted by Crippen LogP contribution is -1.93. The molecule has 1 heterocycles. The monoisotopic (exact) mass is 638 g/mol. The van der Waals surface area contributed by atoms with Gasteiger partial charge in [-0.05, 0) is 99.8 Å². The maximum absolute atomic E-state index is 4.01. The summed E-state index contributed by atoms with van der Waals surface area (Å²) in [5.41, 5.74) is 16.5. The lowest BCUT2D eigenvalue weighted by molar-refractivity contribution is 1.62.